The minimum Gasteiger partial charge on any atom is -0.456 e. The van der Waals surface area contributed by atoms with E-state index in [1.54, 1.807) is 6.07 Å². The molecule has 0 aliphatic carbocycles. The highest BCUT2D eigenvalue weighted by atomic mass is 127. The summed E-state index contributed by atoms with van der Waals surface area (Å²) in [7, 11) is 0. The summed E-state index contributed by atoms with van der Waals surface area (Å²) in [6.07, 6.45) is 0. The summed E-state index contributed by atoms with van der Waals surface area (Å²) in [6.45, 7) is 0. The summed E-state index contributed by atoms with van der Waals surface area (Å²) in [6, 6.07) is 12.0. The molecule has 0 saturated carbocycles. The van der Waals surface area contributed by atoms with Gasteiger partial charge in [0, 0.05) is 5.56 Å². The molecule has 88 valence electrons. The molecule has 0 aromatic heterocycles. The number of para-hydroxylation sites is 1. The summed E-state index contributed by atoms with van der Waals surface area (Å²) in [5.41, 5.74) is 0.645. The number of benzene rings is 2. The molecule has 2 aromatic rings. The zero-order valence-corrected chi connectivity index (χ0v) is 11.7. The van der Waals surface area contributed by atoms with Crippen molar-refractivity contribution < 1.29 is 9.13 Å². The van der Waals surface area contributed by atoms with Gasteiger partial charge < -0.3 is 4.74 Å². The fourth-order valence-corrected chi connectivity index (χ4v) is 2.10. The predicted octanol–water partition coefficient (Wildman–Crippen LogP) is 4.96. The topological polar surface area (TPSA) is 9.23 Å². The van der Waals surface area contributed by atoms with E-state index in [-0.39, 0.29) is 11.7 Å². The first-order chi connectivity index (χ1) is 8.20. The molecule has 2 rings (SSSR count). The molecule has 0 aliphatic rings. The van der Waals surface area contributed by atoms with Crippen LogP contribution in [0.15, 0.2) is 42.5 Å². The Hall–Kier alpha value is -0.810. The molecule has 0 unspecified atom stereocenters. The monoisotopic (exact) mass is 362 g/mol. The van der Waals surface area contributed by atoms with Gasteiger partial charge in [-0.05, 0) is 52.9 Å². The fourth-order valence-electron chi connectivity index (χ4n) is 1.40. The van der Waals surface area contributed by atoms with Crippen molar-refractivity contribution in [2.75, 3.05) is 0 Å². The van der Waals surface area contributed by atoms with Crippen LogP contribution in [-0.2, 0) is 5.88 Å². The van der Waals surface area contributed by atoms with Gasteiger partial charge in [-0.3, -0.25) is 0 Å². The van der Waals surface area contributed by atoms with E-state index in [1.165, 1.54) is 12.1 Å². The number of halogens is 3. The maximum atomic E-state index is 13.0. The van der Waals surface area contributed by atoms with Gasteiger partial charge in [-0.25, -0.2) is 4.39 Å². The van der Waals surface area contributed by atoms with E-state index in [1.807, 2.05) is 24.3 Å². The minimum atomic E-state index is -0.309. The first-order valence-corrected chi connectivity index (χ1v) is 6.59. The van der Waals surface area contributed by atoms with Crippen molar-refractivity contribution in [2.24, 2.45) is 0 Å². The van der Waals surface area contributed by atoms with Crippen LogP contribution in [-0.4, -0.2) is 0 Å². The lowest BCUT2D eigenvalue weighted by atomic mass is 10.2. The third kappa shape index (κ3) is 3.10. The maximum Gasteiger partial charge on any atom is 0.140 e. The molecule has 0 spiro atoms. The Morgan fingerprint density at radius 1 is 1.12 bits per heavy atom. The van der Waals surface area contributed by atoms with Crippen LogP contribution in [0.3, 0.4) is 0 Å². The summed E-state index contributed by atoms with van der Waals surface area (Å²) in [4.78, 5) is 0. The Labute approximate surface area is 118 Å². The van der Waals surface area contributed by atoms with Gasteiger partial charge in [-0.1, -0.05) is 12.1 Å². The Kier molecular flexibility index (Phi) is 4.23. The molecule has 0 atom stereocenters. The van der Waals surface area contributed by atoms with E-state index in [2.05, 4.69) is 22.6 Å². The van der Waals surface area contributed by atoms with Crippen molar-refractivity contribution in [3.05, 3.63) is 57.4 Å². The quantitative estimate of drug-likeness (QED) is 0.554. The molecule has 1 nitrogen and oxygen atoms in total. The van der Waals surface area contributed by atoms with Gasteiger partial charge in [0.05, 0.1) is 9.45 Å². The first kappa shape index (κ1) is 12.6. The highest BCUT2D eigenvalue weighted by Gasteiger charge is 2.07. The van der Waals surface area contributed by atoms with Crippen LogP contribution in [0.1, 0.15) is 5.56 Å². The van der Waals surface area contributed by atoms with E-state index in [0.717, 1.165) is 9.32 Å². The molecule has 17 heavy (non-hydrogen) atoms. The van der Waals surface area contributed by atoms with Gasteiger partial charge in [0.2, 0.25) is 0 Å². The van der Waals surface area contributed by atoms with Crippen molar-refractivity contribution in [1.29, 1.82) is 0 Å². The minimum absolute atomic E-state index is 0.219. The van der Waals surface area contributed by atoms with Gasteiger partial charge >= 0.3 is 0 Å². The average molecular weight is 363 g/mol. The molecule has 0 fully saturated rings. The predicted molar refractivity (Wildman–Crippen MR) is 75.2 cm³/mol. The molecular weight excluding hydrogens is 353 g/mol. The molecule has 0 heterocycles. The molecule has 2 aromatic carbocycles. The molecule has 0 N–H and O–H groups in total. The average Bonchev–Trinajstić information content (AvgIpc) is 2.34. The van der Waals surface area contributed by atoms with Gasteiger partial charge in [0.25, 0.3) is 0 Å². The lowest BCUT2D eigenvalue weighted by Crippen LogP contribution is -1.92. The van der Waals surface area contributed by atoms with Crippen LogP contribution in [0.2, 0.25) is 0 Å². The number of hydrogen-bond donors (Lipinski definition) is 0. The van der Waals surface area contributed by atoms with Crippen LogP contribution in [0.4, 0.5) is 4.39 Å². The van der Waals surface area contributed by atoms with Crippen LogP contribution >= 0.6 is 34.2 Å². The van der Waals surface area contributed by atoms with Crippen LogP contribution in [0.5, 0.6) is 11.5 Å². The second-order valence-corrected chi connectivity index (χ2v) is 4.85. The Balaban J connectivity index is 2.33. The zero-order chi connectivity index (χ0) is 12.3. The van der Waals surface area contributed by atoms with Gasteiger partial charge in [-0.2, -0.15) is 0 Å². The van der Waals surface area contributed by atoms with Crippen molar-refractivity contribution in [3.8, 4) is 11.5 Å². The van der Waals surface area contributed by atoms with Crippen LogP contribution < -0.4 is 4.74 Å². The van der Waals surface area contributed by atoms with E-state index >= 15 is 0 Å². The Bertz CT molecular complexity index is 531. The number of hydrogen-bond acceptors (Lipinski definition) is 1. The molecule has 0 amide bonds. The van der Waals surface area contributed by atoms with Crippen molar-refractivity contribution in [3.63, 3.8) is 0 Å². The number of alkyl halides is 1. The molecular formula is C13H9ClFIO. The summed E-state index contributed by atoms with van der Waals surface area (Å²) < 4.78 is 19.8. The Morgan fingerprint density at radius 3 is 2.59 bits per heavy atom. The highest BCUT2D eigenvalue weighted by Crippen LogP contribution is 2.30. The first-order valence-electron chi connectivity index (χ1n) is 4.97. The van der Waals surface area contributed by atoms with Crippen molar-refractivity contribution in [2.45, 2.75) is 5.88 Å². The SMILES string of the molecule is Fc1ccc(Oc2ccccc2I)c(CCl)c1. The van der Waals surface area contributed by atoms with Crippen LogP contribution in [0, 0.1) is 9.39 Å². The lowest BCUT2D eigenvalue weighted by molar-refractivity contribution is 0.472. The normalized spacial score (nSPS) is 10.3. The van der Waals surface area contributed by atoms with E-state index in [4.69, 9.17) is 16.3 Å². The van der Waals surface area contributed by atoms with Gasteiger partial charge in [-0.15, -0.1) is 11.6 Å². The molecule has 0 saturated heterocycles. The highest BCUT2D eigenvalue weighted by molar-refractivity contribution is 14.1. The molecule has 4 heteroatoms. The number of ether oxygens (including phenoxy) is 1. The summed E-state index contributed by atoms with van der Waals surface area (Å²) in [5.74, 6) is 1.24. The third-order valence-electron chi connectivity index (χ3n) is 2.22. The van der Waals surface area contributed by atoms with Gasteiger partial charge in [0.1, 0.15) is 17.3 Å². The largest absolute Gasteiger partial charge is 0.456 e. The van der Waals surface area contributed by atoms with Crippen LogP contribution in [0.25, 0.3) is 0 Å². The summed E-state index contributed by atoms with van der Waals surface area (Å²) in [5, 5.41) is 0. The van der Waals surface area contributed by atoms with Gasteiger partial charge in [0.15, 0.2) is 0 Å². The molecule has 0 radical (unpaired) electrons. The van der Waals surface area contributed by atoms with Crippen molar-refractivity contribution in [1.82, 2.24) is 0 Å². The second kappa shape index (κ2) is 5.69. The van der Waals surface area contributed by atoms with Crippen molar-refractivity contribution >= 4 is 34.2 Å². The fraction of sp³-hybridized carbons (Fsp3) is 0.0769. The molecule has 0 aliphatic heterocycles. The Morgan fingerprint density at radius 2 is 1.88 bits per heavy atom. The third-order valence-corrected chi connectivity index (χ3v) is 3.40. The maximum absolute atomic E-state index is 13.0. The smallest absolute Gasteiger partial charge is 0.140 e. The zero-order valence-electron chi connectivity index (χ0n) is 8.79. The molecule has 0 bridgehead atoms. The lowest BCUT2D eigenvalue weighted by Gasteiger charge is -2.10. The number of rotatable bonds is 3. The van der Waals surface area contributed by atoms with E-state index in [9.17, 15) is 4.39 Å². The van der Waals surface area contributed by atoms with E-state index < -0.39 is 0 Å². The summed E-state index contributed by atoms with van der Waals surface area (Å²) >= 11 is 7.95. The second-order valence-electron chi connectivity index (χ2n) is 3.42. The van der Waals surface area contributed by atoms with E-state index in [0.29, 0.717) is 11.3 Å². The standard InChI is InChI=1S/C13H9ClFIO/c14-8-9-7-10(15)5-6-12(9)17-13-4-2-1-3-11(13)16/h1-7H,8H2.